The summed E-state index contributed by atoms with van der Waals surface area (Å²) in [6.07, 6.45) is 1.26. The van der Waals surface area contributed by atoms with E-state index in [1.165, 1.54) is 42.2 Å². The maximum Gasteiger partial charge on any atom is 0.308 e. The predicted molar refractivity (Wildman–Crippen MR) is 75.0 cm³/mol. The van der Waals surface area contributed by atoms with Gasteiger partial charge < -0.3 is 10.4 Å². The quantitative estimate of drug-likeness (QED) is 0.866. The van der Waals surface area contributed by atoms with Gasteiger partial charge in [0, 0.05) is 6.04 Å². The molecule has 1 aromatic carbocycles. The summed E-state index contributed by atoms with van der Waals surface area (Å²) < 4.78 is 12.9. The van der Waals surface area contributed by atoms with Gasteiger partial charge in [0.1, 0.15) is 5.82 Å². The van der Waals surface area contributed by atoms with E-state index < -0.39 is 23.8 Å². The predicted octanol–water partition coefficient (Wildman–Crippen LogP) is 1.25. The Morgan fingerprint density at radius 1 is 1.27 bits per heavy atom. The number of hydrogen-bond acceptors (Lipinski definition) is 4. The van der Waals surface area contributed by atoms with Crippen LogP contribution < -0.4 is 5.32 Å². The van der Waals surface area contributed by atoms with Crippen LogP contribution in [0.3, 0.4) is 0 Å². The summed E-state index contributed by atoms with van der Waals surface area (Å²) in [6.45, 7) is 3.10. The van der Waals surface area contributed by atoms with Crippen molar-refractivity contribution in [1.82, 2.24) is 20.3 Å². The van der Waals surface area contributed by atoms with Crippen molar-refractivity contribution < 1.29 is 19.1 Å². The first-order chi connectivity index (χ1) is 10.4. The normalized spacial score (nSPS) is 13.4. The summed E-state index contributed by atoms with van der Waals surface area (Å²) in [5.74, 6) is -2.63. The summed E-state index contributed by atoms with van der Waals surface area (Å²) in [6, 6.07) is 4.92. The van der Waals surface area contributed by atoms with Crippen molar-refractivity contribution in [1.29, 1.82) is 0 Å². The molecule has 7 nitrogen and oxygen atoms in total. The van der Waals surface area contributed by atoms with Gasteiger partial charge in [0.05, 0.1) is 17.8 Å². The Balaban J connectivity index is 2.09. The molecule has 1 aromatic heterocycles. The van der Waals surface area contributed by atoms with Crippen molar-refractivity contribution in [3.05, 3.63) is 42.0 Å². The minimum absolute atomic E-state index is 0.0498. The van der Waals surface area contributed by atoms with Crippen LogP contribution in [0.4, 0.5) is 4.39 Å². The Morgan fingerprint density at radius 3 is 2.50 bits per heavy atom. The maximum absolute atomic E-state index is 12.9. The average Bonchev–Trinajstić information content (AvgIpc) is 2.96. The van der Waals surface area contributed by atoms with Crippen LogP contribution in [0.1, 0.15) is 24.3 Å². The third-order valence-corrected chi connectivity index (χ3v) is 3.28. The van der Waals surface area contributed by atoms with Crippen molar-refractivity contribution in [2.45, 2.75) is 19.9 Å². The number of carboxylic acid groups (broad SMARTS) is 1. The second kappa shape index (κ2) is 6.33. The first kappa shape index (κ1) is 15.6. The van der Waals surface area contributed by atoms with Gasteiger partial charge in [0.15, 0.2) is 5.69 Å². The minimum Gasteiger partial charge on any atom is -0.481 e. The first-order valence-corrected chi connectivity index (χ1v) is 6.60. The molecule has 2 atom stereocenters. The lowest BCUT2D eigenvalue weighted by Crippen LogP contribution is -2.40. The van der Waals surface area contributed by atoms with Gasteiger partial charge in [0.25, 0.3) is 5.91 Å². The van der Waals surface area contributed by atoms with E-state index in [4.69, 9.17) is 5.11 Å². The Labute approximate surface area is 125 Å². The highest BCUT2D eigenvalue weighted by Crippen LogP contribution is 2.08. The Morgan fingerprint density at radius 2 is 1.91 bits per heavy atom. The monoisotopic (exact) mass is 306 g/mol. The zero-order valence-corrected chi connectivity index (χ0v) is 12.0. The standard InChI is InChI=1S/C14H15FN4O3/c1-8(14(21)22)9(2)17-13(20)12-7-16-19(18-12)11-5-3-10(15)4-6-11/h3-9H,1-2H3,(H,17,20)(H,21,22). The number of halogens is 1. The SMILES string of the molecule is CC(NC(=O)c1cnn(-c2ccc(F)cc2)n1)C(C)C(=O)O. The third kappa shape index (κ3) is 3.46. The Hall–Kier alpha value is -2.77. The summed E-state index contributed by atoms with van der Waals surface area (Å²) >= 11 is 0. The topological polar surface area (TPSA) is 97.1 Å². The second-order valence-electron chi connectivity index (χ2n) is 4.88. The van der Waals surface area contributed by atoms with Crippen LogP contribution in [-0.4, -0.2) is 38.0 Å². The Kier molecular flexibility index (Phi) is 4.50. The molecule has 0 aliphatic heterocycles. The lowest BCUT2D eigenvalue weighted by atomic mass is 10.0. The fourth-order valence-corrected chi connectivity index (χ4v) is 1.69. The van der Waals surface area contributed by atoms with Crippen molar-refractivity contribution in [3.63, 3.8) is 0 Å². The van der Waals surface area contributed by atoms with E-state index in [2.05, 4.69) is 15.5 Å². The van der Waals surface area contributed by atoms with Gasteiger partial charge in [-0.05, 0) is 38.1 Å². The van der Waals surface area contributed by atoms with Crippen LogP contribution in [0.25, 0.3) is 5.69 Å². The van der Waals surface area contributed by atoms with E-state index in [0.29, 0.717) is 5.69 Å². The highest BCUT2D eigenvalue weighted by molar-refractivity contribution is 5.92. The number of nitrogens with zero attached hydrogens (tertiary/aromatic N) is 3. The molecule has 0 fully saturated rings. The van der Waals surface area contributed by atoms with E-state index in [1.807, 2.05) is 0 Å². The van der Waals surface area contributed by atoms with Gasteiger partial charge in [-0.15, -0.1) is 5.10 Å². The van der Waals surface area contributed by atoms with Crippen molar-refractivity contribution >= 4 is 11.9 Å². The number of benzene rings is 1. The summed E-state index contributed by atoms with van der Waals surface area (Å²) in [5.41, 5.74) is 0.557. The maximum atomic E-state index is 12.9. The number of carbonyl (C=O) groups is 2. The zero-order valence-electron chi connectivity index (χ0n) is 12.0. The molecule has 0 saturated carbocycles. The molecule has 0 spiro atoms. The van der Waals surface area contributed by atoms with Crippen LogP contribution in [-0.2, 0) is 4.79 Å². The molecule has 0 aliphatic carbocycles. The summed E-state index contributed by atoms with van der Waals surface area (Å²) in [7, 11) is 0. The number of aromatic nitrogens is 3. The molecule has 0 radical (unpaired) electrons. The molecule has 0 aliphatic rings. The number of hydrogen-bond donors (Lipinski definition) is 2. The van der Waals surface area contributed by atoms with Crippen molar-refractivity contribution in [3.8, 4) is 5.69 Å². The van der Waals surface area contributed by atoms with Gasteiger partial charge in [-0.1, -0.05) is 0 Å². The number of nitrogens with one attached hydrogen (secondary N) is 1. The van der Waals surface area contributed by atoms with Crippen LogP contribution in [0.5, 0.6) is 0 Å². The minimum atomic E-state index is -0.997. The highest BCUT2D eigenvalue weighted by Gasteiger charge is 2.22. The van der Waals surface area contributed by atoms with Gasteiger partial charge in [-0.25, -0.2) is 4.39 Å². The zero-order chi connectivity index (χ0) is 16.3. The van der Waals surface area contributed by atoms with E-state index in [-0.39, 0.29) is 11.5 Å². The molecular weight excluding hydrogens is 291 g/mol. The molecule has 2 N–H and O–H groups in total. The van der Waals surface area contributed by atoms with E-state index in [1.54, 1.807) is 6.92 Å². The first-order valence-electron chi connectivity index (χ1n) is 6.60. The molecule has 0 bridgehead atoms. The fraction of sp³-hybridized carbons (Fsp3) is 0.286. The third-order valence-electron chi connectivity index (χ3n) is 3.28. The van der Waals surface area contributed by atoms with Gasteiger partial charge in [0.2, 0.25) is 0 Å². The van der Waals surface area contributed by atoms with Gasteiger partial charge in [-0.3, -0.25) is 9.59 Å². The molecule has 22 heavy (non-hydrogen) atoms. The Bertz CT molecular complexity index is 684. The van der Waals surface area contributed by atoms with Crippen LogP contribution in [0.2, 0.25) is 0 Å². The van der Waals surface area contributed by atoms with Gasteiger partial charge in [-0.2, -0.15) is 9.90 Å². The molecule has 8 heteroatoms. The smallest absolute Gasteiger partial charge is 0.308 e. The summed E-state index contributed by atoms with van der Waals surface area (Å²) in [5, 5.41) is 19.4. The highest BCUT2D eigenvalue weighted by atomic mass is 19.1. The lowest BCUT2D eigenvalue weighted by molar-refractivity contribution is -0.141. The number of carboxylic acids is 1. The van der Waals surface area contributed by atoms with E-state index in [9.17, 15) is 14.0 Å². The van der Waals surface area contributed by atoms with Crippen LogP contribution in [0.15, 0.2) is 30.5 Å². The van der Waals surface area contributed by atoms with Gasteiger partial charge >= 0.3 is 5.97 Å². The van der Waals surface area contributed by atoms with E-state index >= 15 is 0 Å². The van der Waals surface area contributed by atoms with Crippen molar-refractivity contribution in [2.75, 3.05) is 0 Å². The van der Waals surface area contributed by atoms with Crippen molar-refractivity contribution in [2.24, 2.45) is 5.92 Å². The molecule has 116 valence electrons. The van der Waals surface area contributed by atoms with E-state index in [0.717, 1.165) is 0 Å². The fourth-order valence-electron chi connectivity index (χ4n) is 1.69. The number of aliphatic carboxylic acids is 1. The van der Waals surface area contributed by atoms with Crippen LogP contribution in [0, 0.1) is 11.7 Å². The molecule has 2 unspecified atom stereocenters. The molecule has 1 amide bonds. The number of carbonyl (C=O) groups excluding carboxylic acids is 1. The molecule has 1 heterocycles. The molecule has 2 rings (SSSR count). The number of amides is 1. The largest absolute Gasteiger partial charge is 0.481 e. The molecular formula is C14H15FN4O3. The molecule has 2 aromatic rings. The lowest BCUT2D eigenvalue weighted by Gasteiger charge is -2.16. The average molecular weight is 306 g/mol. The second-order valence-corrected chi connectivity index (χ2v) is 4.88. The molecule has 0 saturated heterocycles. The summed E-state index contributed by atoms with van der Waals surface area (Å²) in [4.78, 5) is 24.1. The number of rotatable bonds is 5. The van der Waals surface area contributed by atoms with Crippen LogP contribution >= 0.6 is 0 Å².